The molecule has 1 amide bonds. The van der Waals surface area contributed by atoms with E-state index in [1.807, 2.05) is 28.5 Å². The van der Waals surface area contributed by atoms with Crippen molar-refractivity contribution in [1.29, 1.82) is 0 Å². The van der Waals surface area contributed by atoms with Gasteiger partial charge in [-0.25, -0.2) is 0 Å². The topological polar surface area (TPSA) is 79.0 Å². The fourth-order valence-electron chi connectivity index (χ4n) is 3.77. The van der Waals surface area contributed by atoms with E-state index < -0.39 is 0 Å². The lowest BCUT2D eigenvalue weighted by Gasteiger charge is -2.32. The predicted octanol–water partition coefficient (Wildman–Crippen LogP) is 3.31. The van der Waals surface area contributed by atoms with Crippen LogP contribution in [0.3, 0.4) is 0 Å². The maximum Gasteiger partial charge on any atom is 0.273 e. The Balaban J connectivity index is 1.27. The van der Waals surface area contributed by atoms with Gasteiger partial charge in [0.1, 0.15) is 5.69 Å². The molecule has 0 spiro atoms. The molecule has 3 heterocycles. The van der Waals surface area contributed by atoms with Crippen LogP contribution in [0.15, 0.2) is 52.6 Å². The summed E-state index contributed by atoms with van der Waals surface area (Å²) >= 11 is 1.49. The van der Waals surface area contributed by atoms with Crippen molar-refractivity contribution in [2.45, 2.75) is 32.1 Å². The average molecular weight is 409 g/mol. The van der Waals surface area contributed by atoms with Gasteiger partial charge in [-0.2, -0.15) is 0 Å². The summed E-state index contributed by atoms with van der Waals surface area (Å²) < 4.78 is 0. The SMILES string of the molecule is O=C(CCc1nnc(-c2cccs2)[nH]c1=O)N1CCC(Cc2ccccc2)CC1. The molecule has 1 aromatic carbocycles. The molecule has 1 N–H and O–H groups in total. The van der Waals surface area contributed by atoms with Crippen LogP contribution < -0.4 is 5.56 Å². The number of carbonyl (C=O) groups is 1. The Morgan fingerprint density at radius 3 is 2.59 bits per heavy atom. The molecule has 1 fully saturated rings. The van der Waals surface area contributed by atoms with Gasteiger partial charge >= 0.3 is 0 Å². The Kier molecular flexibility index (Phi) is 6.14. The highest BCUT2D eigenvalue weighted by atomic mass is 32.1. The van der Waals surface area contributed by atoms with Crippen LogP contribution in [0.2, 0.25) is 0 Å². The second-order valence-electron chi connectivity index (χ2n) is 7.44. The second-order valence-corrected chi connectivity index (χ2v) is 8.39. The van der Waals surface area contributed by atoms with Gasteiger partial charge in [-0.05, 0) is 42.2 Å². The maximum atomic E-state index is 12.6. The van der Waals surface area contributed by atoms with Crippen LogP contribution in [0.4, 0.5) is 0 Å². The van der Waals surface area contributed by atoms with Crippen molar-refractivity contribution >= 4 is 17.2 Å². The van der Waals surface area contributed by atoms with Crippen molar-refractivity contribution in [1.82, 2.24) is 20.1 Å². The first-order valence-corrected chi connectivity index (χ1v) is 10.9. The van der Waals surface area contributed by atoms with Crippen LogP contribution in [-0.2, 0) is 17.6 Å². The van der Waals surface area contributed by atoms with Gasteiger partial charge in [0.15, 0.2) is 5.82 Å². The Morgan fingerprint density at radius 1 is 1.10 bits per heavy atom. The number of aryl methyl sites for hydroxylation is 1. The number of thiophene rings is 1. The molecule has 0 aliphatic carbocycles. The number of aromatic nitrogens is 3. The molecule has 2 aromatic heterocycles. The number of benzene rings is 1. The van der Waals surface area contributed by atoms with E-state index in [-0.39, 0.29) is 11.5 Å². The molecule has 0 atom stereocenters. The highest BCUT2D eigenvalue weighted by Gasteiger charge is 2.23. The van der Waals surface area contributed by atoms with Crippen LogP contribution in [0.5, 0.6) is 0 Å². The fourth-order valence-corrected chi connectivity index (χ4v) is 4.43. The van der Waals surface area contributed by atoms with E-state index in [0.29, 0.717) is 30.3 Å². The molecular formula is C22H24N4O2S. The zero-order chi connectivity index (χ0) is 20.1. The standard InChI is InChI=1S/C22H24N4O2S/c27-20(26-12-10-17(11-13-26)15-16-5-2-1-3-6-16)9-8-18-22(28)23-21(25-24-18)19-7-4-14-29-19/h1-7,14,17H,8-13,15H2,(H,23,25,28). The summed E-state index contributed by atoms with van der Waals surface area (Å²) in [4.78, 5) is 30.4. The predicted molar refractivity (Wildman–Crippen MR) is 114 cm³/mol. The Hall–Kier alpha value is -2.80. The maximum absolute atomic E-state index is 12.6. The largest absolute Gasteiger partial charge is 0.343 e. The fraction of sp³-hybridized carbons (Fsp3) is 0.364. The number of rotatable bonds is 6. The molecule has 7 heteroatoms. The molecule has 0 unspecified atom stereocenters. The van der Waals surface area contributed by atoms with Crippen molar-refractivity contribution in [2.24, 2.45) is 5.92 Å². The van der Waals surface area contributed by atoms with Crippen LogP contribution in [0.1, 0.15) is 30.5 Å². The lowest BCUT2D eigenvalue weighted by atomic mass is 9.90. The van der Waals surface area contributed by atoms with Crippen molar-refractivity contribution in [2.75, 3.05) is 13.1 Å². The van der Waals surface area contributed by atoms with Crippen LogP contribution in [0.25, 0.3) is 10.7 Å². The molecule has 150 valence electrons. The average Bonchev–Trinajstić information content (AvgIpc) is 3.29. The number of nitrogens with one attached hydrogen (secondary N) is 1. The molecule has 29 heavy (non-hydrogen) atoms. The van der Waals surface area contributed by atoms with E-state index in [4.69, 9.17) is 0 Å². The Bertz CT molecular complexity index is 993. The second kappa shape index (κ2) is 9.13. The van der Waals surface area contributed by atoms with Crippen LogP contribution >= 0.6 is 11.3 Å². The molecule has 0 radical (unpaired) electrons. The zero-order valence-electron chi connectivity index (χ0n) is 16.2. The molecule has 0 saturated carbocycles. The summed E-state index contributed by atoms with van der Waals surface area (Å²) in [5.41, 5.74) is 1.41. The molecule has 0 bridgehead atoms. The first-order chi connectivity index (χ1) is 14.2. The third-order valence-electron chi connectivity index (χ3n) is 5.43. The summed E-state index contributed by atoms with van der Waals surface area (Å²) in [6, 6.07) is 14.3. The first kappa shape index (κ1) is 19.5. The molecular weight excluding hydrogens is 384 g/mol. The summed E-state index contributed by atoms with van der Waals surface area (Å²) in [6.07, 6.45) is 3.73. The third-order valence-corrected chi connectivity index (χ3v) is 6.31. The highest BCUT2D eigenvalue weighted by Crippen LogP contribution is 2.22. The summed E-state index contributed by atoms with van der Waals surface area (Å²) in [7, 11) is 0. The van der Waals surface area contributed by atoms with Gasteiger partial charge in [0.25, 0.3) is 5.56 Å². The van der Waals surface area contributed by atoms with E-state index in [2.05, 4.69) is 39.4 Å². The monoisotopic (exact) mass is 408 g/mol. The Morgan fingerprint density at radius 2 is 1.90 bits per heavy atom. The lowest BCUT2D eigenvalue weighted by molar-refractivity contribution is -0.132. The number of carbonyl (C=O) groups excluding carboxylic acids is 1. The van der Waals surface area contributed by atoms with Gasteiger partial charge in [-0.15, -0.1) is 21.5 Å². The molecule has 1 saturated heterocycles. The minimum absolute atomic E-state index is 0.0895. The molecule has 4 rings (SSSR count). The number of H-pyrrole nitrogens is 1. The smallest absolute Gasteiger partial charge is 0.273 e. The van der Waals surface area contributed by atoms with E-state index in [1.54, 1.807) is 0 Å². The normalized spacial score (nSPS) is 14.8. The molecule has 6 nitrogen and oxygen atoms in total. The molecule has 1 aliphatic rings. The van der Waals surface area contributed by atoms with E-state index >= 15 is 0 Å². The van der Waals surface area contributed by atoms with Gasteiger partial charge in [0.05, 0.1) is 4.88 Å². The number of aromatic amines is 1. The minimum atomic E-state index is -0.266. The van der Waals surface area contributed by atoms with Crippen molar-refractivity contribution < 1.29 is 4.79 Å². The van der Waals surface area contributed by atoms with E-state index in [1.165, 1.54) is 16.9 Å². The summed E-state index contributed by atoms with van der Waals surface area (Å²) in [5.74, 6) is 1.19. The zero-order valence-corrected chi connectivity index (χ0v) is 17.0. The third kappa shape index (κ3) is 4.98. The summed E-state index contributed by atoms with van der Waals surface area (Å²) in [5, 5.41) is 10.1. The number of hydrogen-bond acceptors (Lipinski definition) is 5. The van der Waals surface area contributed by atoms with Crippen molar-refractivity contribution in [3.05, 3.63) is 69.5 Å². The van der Waals surface area contributed by atoms with Crippen molar-refractivity contribution in [3.8, 4) is 10.7 Å². The number of hydrogen-bond donors (Lipinski definition) is 1. The quantitative estimate of drug-likeness (QED) is 0.679. The van der Waals surface area contributed by atoms with Crippen LogP contribution in [-0.4, -0.2) is 39.1 Å². The Labute approximate surface area is 173 Å². The van der Waals surface area contributed by atoms with Gasteiger partial charge < -0.3 is 9.88 Å². The van der Waals surface area contributed by atoms with Gasteiger partial charge in [0, 0.05) is 25.9 Å². The molecule has 1 aliphatic heterocycles. The highest BCUT2D eigenvalue weighted by molar-refractivity contribution is 7.13. The van der Waals surface area contributed by atoms with Crippen LogP contribution in [0, 0.1) is 5.92 Å². The number of nitrogens with zero attached hydrogens (tertiary/aromatic N) is 3. The van der Waals surface area contributed by atoms with Gasteiger partial charge in [-0.3, -0.25) is 9.59 Å². The van der Waals surface area contributed by atoms with E-state index in [9.17, 15) is 9.59 Å². The van der Waals surface area contributed by atoms with Crippen molar-refractivity contribution in [3.63, 3.8) is 0 Å². The number of piperidine rings is 1. The lowest BCUT2D eigenvalue weighted by Crippen LogP contribution is -2.39. The van der Waals surface area contributed by atoms with E-state index in [0.717, 1.165) is 37.2 Å². The number of likely N-dealkylation sites (tertiary alicyclic amines) is 1. The first-order valence-electron chi connectivity index (χ1n) is 10.0. The number of amides is 1. The molecule has 3 aromatic rings. The van der Waals surface area contributed by atoms with Gasteiger partial charge in [0.2, 0.25) is 5.91 Å². The minimum Gasteiger partial charge on any atom is -0.343 e. The summed E-state index contributed by atoms with van der Waals surface area (Å²) in [6.45, 7) is 1.57. The van der Waals surface area contributed by atoms with Gasteiger partial charge in [-0.1, -0.05) is 36.4 Å².